The van der Waals surface area contributed by atoms with Gasteiger partial charge in [0, 0.05) is 19.2 Å². The van der Waals surface area contributed by atoms with Crippen LogP contribution in [-0.2, 0) is 13.0 Å². The first kappa shape index (κ1) is 11.7. The summed E-state index contributed by atoms with van der Waals surface area (Å²) in [5.41, 5.74) is 8.50. The van der Waals surface area contributed by atoms with Crippen LogP contribution in [0.3, 0.4) is 0 Å². The molecule has 5 heteroatoms. The number of phenolic OH excluding ortho intramolecular Hbond substituents is 1. The topological polar surface area (TPSA) is 76.4 Å². The van der Waals surface area contributed by atoms with Gasteiger partial charge in [0.25, 0.3) is 0 Å². The van der Waals surface area contributed by atoms with E-state index in [1.165, 1.54) is 0 Å². The van der Waals surface area contributed by atoms with Gasteiger partial charge in [-0.3, -0.25) is 0 Å². The summed E-state index contributed by atoms with van der Waals surface area (Å²) < 4.78 is 1.75. The highest BCUT2D eigenvalue weighted by Crippen LogP contribution is 2.13. The zero-order chi connectivity index (χ0) is 13.2. The van der Waals surface area contributed by atoms with Crippen LogP contribution in [0.1, 0.15) is 17.0 Å². The lowest BCUT2D eigenvalue weighted by Gasteiger charge is -1.97. The minimum Gasteiger partial charge on any atom is -0.508 e. The van der Waals surface area contributed by atoms with E-state index in [0.717, 1.165) is 22.6 Å². The molecule has 0 atom stereocenters. The predicted molar refractivity (Wildman–Crippen MR) is 71.8 cm³/mol. The van der Waals surface area contributed by atoms with Gasteiger partial charge in [0.05, 0.1) is 0 Å². The summed E-state index contributed by atoms with van der Waals surface area (Å²) in [6, 6.07) is 10.9. The Hall–Kier alpha value is -2.40. The molecule has 2 heterocycles. The lowest BCUT2D eigenvalue weighted by atomic mass is 10.1. The third-order valence-electron chi connectivity index (χ3n) is 2.97. The van der Waals surface area contributed by atoms with E-state index in [-0.39, 0.29) is 5.75 Å². The van der Waals surface area contributed by atoms with Crippen molar-refractivity contribution < 1.29 is 5.11 Å². The summed E-state index contributed by atoms with van der Waals surface area (Å²) in [7, 11) is 0. The van der Waals surface area contributed by atoms with Crippen LogP contribution in [0.4, 0.5) is 0 Å². The van der Waals surface area contributed by atoms with Crippen LogP contribution in [0.2, 0.25) is 0 Å². The molecule has 3 rings (SSSR count). The average molecular weight is 254 g/mol. The molecule has 5 nitrogen and oxygen atoms in total. The van der Waals surface area contributed by atoms with Crippen molar-refractivity contribution in [2.24, 2.45) is 5.73 Å². The van der Waals surface area contributed by atoms with Crippen LogP contribution in [0.5, 0.6) is 5.75 Å². The molecule has 0 saturated carbocycles. The molecule has 0 aliphatic carbocycles. The summed E-state index contributed by atoms with van der Waals surface area (Å²) >= 11 is 0. The first-order valence-electron chi connectivity index (χ1n) is 6.07. The molecule has 0 amide bonds. The number of phenols is 1. The molecule has 96 valence electrons. The van der Waals surface area contributed by atoms with Gasteiger partial charge in [-0.05, 0) is 29.3 Å². The van der Waals surface area contributed by atoms with Gasteiger partial charge in [0.15, 0.2) is 11.5 Å². The second kappa shape index (κ2) is 4.70. The van der Waals surface area contributed by atoms with Crippen molar-refractivity contribution in [3.05, 3.63) is 59.5 Å². The lowest BCUT2D eigenvalue weighted by molar-refractivity contribution is 0.475. The van der Waals surface area contributed by atoms with E-state index in [2.05, 4.69) is 10.1 Å². The zero-order valence-electron chi connectivity index (χ0n) is 10.3. The standard InChI is InChI=1S/C14H14N4O/c15-8-11-3-6-14-16-13(17-18(14)9-11)7-10-1-4-12(19)5-2-10/h1-6,9,19H,7-8,15H2. The van der Waals surface area contributed by atoms with Gasteiger partial charge < -0.3 is 10.8 Å². The van der Waals surface area contributed by atoms with Gasteiger partial charge in [0.1, 0.15) is 5.75 Å². The Morgan fingerprint density at radius 2 is 1.79 bits per heavy atom. The molecule has 2 aromatic heterocycles. The summed E-state index contributed by atoms with van der Waals surface area (Å²) in [4.78, 5) is 4.45. The predicted octanol–water partition coefficient (Wildman–Crippen LogP) is 1.48. The van der Waals surface area contributed by atoms with Gasteiger partial charge in [-0.15, -0.1) is 0 Å². The molecule has 0 bridgehead atoms. The molecule has 3 aromatic rings. The Kier molecular flexibility index (Phi) is 2.89. The van der Waals surface area contributed by atoms with Crippen molar-refractivity contribution >= 4 is 5.65 Å². The Morgan fingerprint density at radius 3 is 2.53 bits per heavy atom. The van der Waals surface area contributed by atoms with Crippen LogP contribution in [0.25, 0.3) is 5.65 Å². The van der Waals surface area contributed by atoms with E-state index in [1.54, 1.807) is 16.6 Å². The number of aromatic hydroxyl groups is 1. The Labute approximate surface area is 110 Å². The molecule has 0 unspecified atom stereocenters. The number of nitrogens with two attached hydrogens (primary N) is 1. The maximum atomic E-state index is 9.25. The van der Waals surface area contributed by atoms with E-state index in [9.17, 15) is 5.11 Å². The van der Waals surface area contributed by atoms with Crippen molar-refractivity contribution in [2.75, 3.05) is 0 Å². The second-order valence-electron chi connectivity index (χ2n) is 4.42. The van der Waals surface area contributed by atoms with Gasteiger partial charge in [-0.25, -0.2) is 9.50 Å². The van der Waals surface area contributed by atoms with Gasteiger partial charge >= 0.3 is 0 Å². The maximum absolute atomic E-state index is 9.25. The third kappa shape index (κ3) is 2.41. The number of nitrogens with zero attached hydrogens (tertiary/aromatic N) is 3. The zero-order valence-corrected chi connectivity index (χ0v) is 10.3. The minimum atomic E-state index is 0.263. The summed E-state index contributed by atoms with van der Waals surface area (Å²) in [6.07, 6.45) is 2.53. The van der Waals surface area contributed by atoms with Crippen molar-refractivity contribution in [3.8, 4) is 5.75 Å². The van der Waals surface area contributed by atoms with Crippen LogP contribution >= 0.6 is 0 Å². The molecule has 3 N–H and O–H groups in total. The fraction of sp³-hybridized carbons (Fsp3) is 0.143. The number of rotatable bonds is 3. The molecular weight excluding hydrogens is 240 g/mol. The molecule has 0 aliphatic rings. The molecule has 0 radical (unpaired) electrons. The lowest BCUT2D eigenvalue weighted by Crippen LogP contribution is -1.99. The van der Waals surface area contributed by atoms with E-state index >= 15 is 0 Å². The van der Waals surface area contributed by atoms with Crippen molar-refractivity contribution in [3.63, 3.8) is 0 Å². The molecule has 0 fully saturated rings. The number of fused-ring (bicyclic) bond motifs is 1. The molecular formula is C14H14N4O. The van der Waals surface area contributed by atoms with Gasteiger partial charge in [-0.2, -0.15) is 5.10 Å². The highest BCUT2D eigenvalue weighted by Gasteiger charge is 2.05. The summed E-state index contributed by atoms with van der Waals surface area (Å²) in [6.45, 7) is 0.489. The van der Waals surface area contributed by atoms with Crippen molar-refractivity contribution in [1.29, 1.82) is 0 Å². The van der Waals surface area contributed by atoms with Gasteiger partial charge in [0.2, 0.25) is 0 Å². The minimum absolute atomic E-state index is 0.263. The van der Waals surface area contributed by atoms with Crippen LogP contribution in [0, 0.1) is 0 Å². The van der Waals surface area contributed by atoms with Gasteiger partial charge in [-0.1, -0.05) is 18.2 Å². The number of pyridine rings is 1. The fourth-order valence-electron chi connectivity index (χ4n) is 1.96. The van der Waals surface area contributed by atoms with Crippen LogP contribution in [-0.4, -0.2) is 19.7 Å². The number of hydrogen-bond donors (Lipinski definition) is 2. The summed E-state index contributed by atoms with van der Waals surface area (Å²) in [5.74, 6) is 1.01. The van der Waals surface area contributed by atoms with Crippen LogP contribution in [0.15, 0.2) is 42.6 Å². The van der Waals surface area contributed by atoms with E-state index < -0.39 is 0 Å². The monoisotopic (exact) mass is 254 g/mol. The molecule has 1 aromatic carbocycles. The quantitative estimate of drug-likeness (QED) is 0.742. The number of benzene rings is 1. The molecule has 19 heavy (non-hydrogen) atoms. The summed E-state index contributed by atoms with van der Waals surface area (Å²) in [5, 5.41) is 13.7. The van der Waals surface area contributed by atoms with Crippen LogP contribution < -0.4 is 5.73 Å². The molecule has 0 aliphatic heterocycles. The second-order valence-corrected chi connectivity index (χ2v) is 4.42. The third-order valence-corrected chi connectivity index (χ3v) is 2.97. The number of aromatic nitrogens is 3. The van der Waals surface area contributed by atoms with E-state index in [0.29, 0.717) is 13.0 Å². The maximum Gasteiger partial charge on any atom is 0.156 e. The molecule has 0 saturated heterocycles. The highest BCUT2D eigenvalue weighted by atomic mass is 16.3. The SMILES string of the molecule is NCc1ccc2nc(Cc3ccc(O)cc3)nn2c1. The highest BCUT2D eigenvalue weighted by molar-refractivity contribution is 5.39. The molecule has 0 spiro atoms. The van der Waals surface area contributed by atoms with E-state index in [1.807, 2.05) is 30.5 Å². The fourth-order valence-corrected chi connectivity index (χ4v) is 1.96. The Bertz CT molecular complexity index is 703. The Balaban J connectivity index is 1.90. The average Bonchev–Trinajstić information content (AvgIpc) is 2.82. The largest absolute Gasteiger partial charge is 0.508 e. The first-order valence-corrected chi connectivity index (χ1v) is 6.07. The Morgan fingerprint density at radius 1 is 1.05 bits per heavy atom. The first-order chi connectivity index (χ1) is 9.24. The smallest absolute Gasteiger partial charge is 0.156 e. The van der Waals surface area contributed by atoms with Crippen molar-refractivity contribution in [2.45, 2.75) is 13.0 Å². The van der Waals surface area contributed by atoms with E-state index in [4.69, 9.17) is 5.73 Å². The number of hydrogen-bond acceptors (Lipinski definition) is 4. The normalized spacial score (nSPS) is 11.0. The van der Waals surface area contributed by atoms with Crippen molar-refractivity contribution in [1.82, 2.24) is 14.6 Å².